The molecule has 4 nitrogen and oxygen atoms in total. The van der Waals surface area contributed by atoms with Crippen LogP contribution in [0.25, 0.3) is 0 Å². The second-order valence-electron chi connectivity index (χ2n) is 4.60. The molecule has 0 aliphatic heterocycles. The van der Waals surface area contributed by atoms with E-state index < -0.39 is 17.7 Å². The number of hydrogen-bond donors (Lipinski definition) is 2. The van der Waals surface area contributed by atoms with Gasteiger partial charge in [0.1, 0.15) is 5.60 Å². The lowest BCUT2D eigenvalue weighted by Crippen LogP contribution is -2.27. The van der Waals surface area contributed by atoms with Crippen LogP contribution in [0.4, 0.5) is 5.69 Å². The van der Waals surface area contributed by atoms with E-state index in [1.54, 1.807) is 45.0 Å². The third-order valence-electron chi connectivity index (χ3n) is 1.88. The van der Waals surface area contributed by atoms with E-state index in [-0.39, 0.29) is 0 Å². The van der Waals surface area contributed by atoms with Gasteiger partial charge in [0.25, 0.3) is 0 Å². The van der Waals surface area contributed by atoms with Gasteiger partial charge in [-0.25, -0.2) is 4.79 Å². The van der Waals surface area contributed by atoms with E-state index in [0.717, 1.165) is 0 Å². The first-order chi connectivity index (χ1) is 7.29. The first kappa shape index (κ1) is 12.5. The van der Waals surface area contributed by atoms with Crippen molar-refractivity contribution in [3.63, 3.8) is 0 Å². The molecule has 1 aromatic rings. The van der Waals surface area contributed by atoms with Gasteiger partial charge in [0, 0.05) is 5.69 Å². The molecular formula is C12H17NO3. The van der Waals surface area contributed by atoms with E-state index in [1.165, 1.54) is 0 Å². The van der Waals surface area contributed by atoms with Gasteiger partial charge in [0.2, 0.25) is 0 Å². The van der Waals surface area contributed by atoms with Crippen molar-refractivity contribution in [3.05, 3.63) is 29.8 Å². The zero-order chi connectivity index (χ0) is 12.3. The molecule has 0 spiro atoms. The Labute approximate surface area is 95.0 Å². The van der Waals surface area contributed by atoms with Gasteiger partial charge < -0.3 is 15.6 Å². The zero-order valence-corrected chi connectivity index (χ0v) is 9.73. The molecule has 1 rings (SSSR count). The summed E-state index contributed by atoms with van der Waals surface area (Å²) in [7, 11) is 0. The average Bonchev–Trinajstić information content (AvgIpc) is 2.15. The number of rotatable bonds is 2. The Kier molecular flexibility index (Phi) is 3.55. The topological polar surface area (TPSA) is 72.5 Å². The van der Waals surface area contributed by atoms with Gasteiger partial charge in [-0.05, 0) is 38.5 Å². The standard InChI is InChI=1S/C12H17NO3/c1-12(2,3)16-11(15)10(14)8-4-6-9(13)7-5-8/h4-7,10,14H,13H2,1-3H3/t10-/m0/s1. The van der Waals surface area contributed by atoms with Gasteiger partial charge in [0.15, 0.2) is 6.10 Å². The number of aliphatic hydroxyl groups excluding tert-OH is 1. The molecule has 0 aliphatic rings. The average molecular weight is 223 g/mol. The van der Waals surface area contributed by atoms with Gasteiger partial charge in [-0.15, -0.1) is 0 Å². The molecule has 0 unspecified atom stereocenters. The molecule has 0 amide bonds. The number of ether oxygens (including phenoxy) is 1. The minimum atomic E-state index is -1.26. The van der Waals surface area contributed by atoms with Crippen LogP contribution in [-0.2, 0) is 9.53 Å². The molecule has 0 radical (unpaired) electrons. The fourth-order valence-electron chi connectivity index (χ4n) is 1.17. The third kappa shape index (κ3) is 3.55. The van der Waals surface area contributed by atoms with Crippen LogP contribution in [0, 0.1) is 0 Å². The summed E-state index contributed by atoms with van der Waals surface area (Å²) < 4.78 is 5.06. The molecule has 88 valence electrons. The highest BCUT2D eigenvalue weighted by Gasteiger charge is 2.24. The van der Waals surface area contributed by atoms with E-state index in [4.69, 9.17) is 10.5 Å². The number of carbonyl (C=O) groups excluding carboxylic acids is 1. The summed E-state index contributed by atoms with van der Waals surface area (Å²) in [6, 6.07) is 6.46. The number of nitrogens with two attached hydrogens (primary N) is 1. The van der Waals surface area contributed by atoms with Gasteiger partial charge in [-0.2, -0.15) is 0 Å². The SMILES string of the molecule is CC(C)(C)OC(=O)[C@@H](O)c1ccc(N)cc1. The molecule has 1 atom stereocenters. The van der Waals surface area contributed by atoms with E-state index in [9.17, 15) is 9.90 Å². The maximum absolute atomic E-state index is 11.5. The van der Waals surface area contributed by atoms with Gasteiger partial charge in [0.05, 0.1) is 0 Å². The molecule has 0 fully saturated rings. The number of benzene rings is 1. The number of aliphatic hydroxyl groups is 1. The molecule has 0 heterocycles. The first-order valence-electron chi connectivity index (χ1n) is 5.06. The van der Waals surface area contributed by atoms with Gasteiger partial charge in [-0.3, -0.25) is 0 Å². The predicted molar refractivity (Wildman–Crippen MR) is 61.7 cm³/mol. The third-order valence-corrected chi connectivity index (χ3v) is 1.88. The van der Waals surface area contributed by atoms with Crippen molar-refractivity contribution in [2.75, 3.05) is 5.73 Å². The van der Waals surface area contributed by atoms with Crippen LogP contribution in [0.1, 0.15) is 32.4 Å². The minimum absolute atomic E-state index is 0.475. The zero-order valence-electron chi connectivity index (χ0n) is 9.73. The Balaban J connectivity index is 2.74. The van der Waals surface area contributed by atoms with Gasteiger partial charge >= 0.3 is 5.97 Å². The van der Waals surface area contributed by atoms with Crippen molar-refractivity contribution in [1.29, 1.82) is 0 Å². The molecule has 1 aromatic carbocycles. The van der Waals surface area contributed by atoms with Crippen LogP contribution >= 0.6 is 0 Å². The summed E-state index contributed by atoms with van der Waals surface area (Å²) in [4.78, 5) is 11.5. The van der Waals surface area contributed by atoms with Crippen LogP contribution in [-0.4, -0.2) is 16.7 Å². The quantitative estimate of drug-likeness (QED) is 0.590. The Morgan fingerprint density at radius 3 is 2.25 bits per heavy atom. The van der Waals surface area contributed by atoms with Crippen molar-refractivity contribution in [2.24, 2.45) is 0 Å². The monoisotopic (exact) mass is 223 g/mol. The first-order valence-corrected chi connectivity index (χ1v) is 5.06. The molecule has 16 heavy (non-hydrogen) atoms. The number of nitrogen functional groups attached to an aromatic ring is 1. The van der Waals surface area contributed by atoms with Crippen LogP contribution in [0.2, 0.25) is 0 Å². The summed E-state index contributed by atoms with van der Waals surface area (Å²) in [5, 5.41) is 9.73. The summed E-state index contributed by atoms with van der Waals surface area (Å²) in [5.41, 5.74) is 5.96. The Hall–Kier alpha value is -1.55. The maximum Gasteiger partial charge on any atom is 0.340 e. The minimum Gasteiger partial charge on any atom is -0.458 e. The van der Waals surface area contributed by atoms with Crippen LogP contribution < -0.4 is 5.73 Å². The number of hydrogen-bond acceptors (Lipinski definition) is 4. The predicted octanol–water partition coefficient (Wildman–Crippen LogP) is 1.64. The highest BCUT2D eigenvalue weighted by atomic mass is 16.6. The lowest BCUT2D eigenvalue weighted by Gasteiger charge is -2.21. The molecule has 0 bridgehead atoms. The van der Waals surface area contributed by atoms with Gasteiger partial charge in [-0.1, -0.05) is 12.1 Å². The highest BCUT2D eigenvalue weighted by molar-refractivity contribution is 5.76. The lowest BCUT2D eigenvalue weighted by molar-refractivity contribution is -0.165. The van der Waals surface area contributed by atoms with Crippen molar-refractivity contribution in [1.82, 2.24) is 0 Å². The fourth-order valence-corrected chi connectivity index (χ4v) is 1.17. The molecule has 4 heteroatoms. The van der Waals surface area contributed by atoms with E-state index >= 15 is 0 Å². The molecule has 0 saturated carbocycles. The van der Waals surface area contributed by atoms with E-state index in [1.807, 2.05) is 0 Å². The fraction of sp³-hybridized carbons (Fsp3) is 0.417. The van der Waals surface area contributed by atoms with E-state index in [0.29, 0.717) is 11.3 Å². The van der Waals surface area contributed by atoms with Crippen molar-refractivity contribution >= 4 is 11.7 Å². The van der Waals surface area contributed by atoms with Crippen molar-refractivity contribution < 1.29 is 14.6 Å². The Morgan fingerprint density at radius 1 is 1.31 bits per heavy atom. The summed E-state index contributed by atoms with van der Waals surface area (Å²) >= 11 is 0. The molecule has 0 aliphatic carbocycles. The summed E-state index contributed by atoms with van der Waals surface area (Å²) in [6.07, 6.45) is -1.26. The molecule has 3 N–H and O–H groups in total. The Bertz CT molecular complexity index is 365. The number of anilines is 1. The smallest absolute Gasteiger partial charge is 0.340 e. The van der Waals surface area contributed by atoms with E-state index in [2.05, 4.69) is 0 Å². The largest absolute Gasteiger partial charge is 0.458 e. The summed E-state index contributed by atoms with van der Waals surface area (Å²) in [6.45, 7) is 5.25. The second kappa shape index (κ2) is 4.53. The normalized spacial score (nSPS) is 13.2. The van der Waals surface area contributed by atoms with Crippen molar-refractivity contribution in [2.45, 2.75) is 32.5 Å². The lowest BCUT2D eigenvalue weighted by atomic mass is 10.1. The Morgan fingerprint density at radius 2 is 1.81 bits per heavy atom. The number of esters is 1. The second-order valence-corrected chi connectivity index (χ2v) is 4.60. The summed E-state index contributed by atoms with van der Waals surface area (Å²) in [5.74, 6) is -0.655. The van der Waals surface area contributed by atoms with Crippen molar-refractivity contribution in [3.8, 4) is 0 Å². The van der Waals surface area contributed by atoms with Crippen LogP contribution in [0.5, 0.6) is 0 Å². The number of carbonyl (C=O) groups is 1. The maximum atomic E-state index is 11.5. The molecule has 0 aromatic heterocycles. The van der Waals surface area contributed by atoms with Crippen LogP contribution in [0.3, 0.4) is 0 Å². The highest BCUT2D eigenvalue weighted by Crippen LogP contribution is 2.19. The molecular weight excluding hydrogens is 206 g/mol. The molecule has 0 saturated heterocycles. The van der Waals surface area contributed by atoms with Crippen LogP contribution in [0.15, 0.2) is 24.3 Å².